The van der Waals surface area contributed by atoms with Gasteiger partial charge >= 0.3 is 0 Å². The van der Waals surface area contributed by atoms with E-state index in [0.29, 0.717) is 31.6 Å². The van der Waals surface area contributed by atoms with E-state index in [2.05, 4.69) is 4.72 Å². The number of nitrogens with zero attached hydrogens (tertiary/aromatic N) is 1. The Morgan fingerprint density at radius 1 is 1.38 bits per heavy atom. The molecule has 4 N–H and O–H groups in total. The molecule has 7 nitrogen and oxygen atoms in total. The van der Waals surface area contributed by atoms with Crippen molar-refractivity contribution in [3.8, 4) is 5.75 Å². The number of hydrogen-bond donors (Lipinski definition) is 3. The van der Waals surface area contributed by atoms with Gasteiger partial charge in [-0.25, -0.2) is 13.1 Å². The molecule has 0 atom stereocenters. The SMILES string of the molecule is CS(=O)(=O)NC1CCN(C(=O)c2cc(O)ccc2N)CC1. The third-order valence-corrected chi connectivity index (χ3v) is 4.19. The number of amides is 1. The van der Waals surface area contributed by atoms with Crippen LogP contribution in [0.1, 0.15) is 23.2 Å². The molecule has 1 amide bonds. The zero-order chi connectivity index (χ0) is 15.6. The largest absolute Gasteiger partial charge is 0.508 e. The van der Waals surface area contributed by atoms with Gasteiger partial charge in [0.15, 0.2) is 0 Å². The van der Waals surface area contributed by atoms with Crippen LogP contribution in [0.2, 0.25) is 0 Å². The molecule has 0 unspecified atom stereocenters. The van der Waals surface area contributed by atoms with Crippen LogP contribution in [-0.4, -0.2) is 49.7 Å². The average molecular weight is 313 g/mol. The van der Waals surface area contributed by atoms with Crippen molar-refractivity contribution >= 4 is 21.6 Å². The van der Waals surface area contributed by atoms with E-state index < -0.39 is 10.0 Å². The first-order valence-corrected chi connectivity index (χ1v) is 8.50. The van der Waals surface area contributed by atoms with Gasteiger partial charge in [0.05, 0.1) is 11.8 Å². The second kappa shape index (κ2) is 5.90. The molecule has 0 spiro atoms. The van der Waals surface area contributed by atoms with E-state index in [1.165, 1.54) is 18.2 Å². The lowest BCUT2D eigenvalue weighted by Gasteiger charge is -2.32. The van der Waals surface area contributed by atoms with E-state index in [9.17, 15) is 18.3 Å². The van der Waals surface area contributed by atoms with Gasteiger partial charge in [0.2, 0.25) is 10.0 Å². The Bertz CT molecular complexity index is 637. The first-order chi connectivity index (χ1) is 9.76. The number of aromatic hydroxyl groups is 1. The highest BCUT2D eigenvalue weighted by atomic mass is 32.2. The predicted molar refractivity (Wildman–Crippen MR) is 79.4 cm³/mol. The first-order valence-electron chi connectivity index (χ1n) is 6.61. The number of benzene rings is 1. The van der Waals surface area contributed by atoms with E-state index in [1.807, 2.05) is 0 Å². The molecule has 1 aromatic carbocycles. The van der Waals surface area contributed by atoms with Crippen LogP contribution < -0.4 is 10.5 Å². The minimum absolute atomic E-state index is 0.0128. The fourth-order valence-electron chi connectivity index (χ4n) is 2.40. The van der Waals surface area contributed by atoms with Crippen LogP contribution in [0.4, 0.5) is 5.69 Å². The first kappa shape index (κ1) is 15.6. The van der Waals surface area contributed by atoms with Crippen LogP contribution in [0.5, 0.6) is 5.75 Å². The van der Waals surface area contributed by atoms with E-state index in [1.54, 1.807) is 4.90 Å². The summed E-state index contributed by atoms with van der Waals surface area (Å²) in [7, 11) is -3.23. The molecule has 1 aliphatic rings. The van der Waals surface area contributed by atoms with Crippen LogP contribution in [0, 0.1) is 0 Å². The molecule has 116 valence electrons. The summed E-state index contributed by atoms with van der Waals surface area (Å²) < 4.78 is 24.9. The summed E-state index contributed by atoms with van der Waals surface area (Å²) in [4.78, 5) is 14.0. The van der Waals surface area contributed by atoms with Gasteiger partial charge in [-0.1, -0.05) is 0 Å². The van der Waals surface area contributed by atoms with E-state index in [-0.39, 0.29) is 23.3 Å². The average Bonchev–Trinajstić information content (AvgIpc) is 2.40. The van der Waals surface area contributed by atoms with Crippen molar-refractivity contribution in [3.63, 3.8) is 0 Å². The summed E-state index contributed by atoms with van der Waals surface area (Å²) in [5.74, 6) is -0.262. The summed E-state index contributed by atoms with van der Waals surface area (Å²) in [6, 6.07) is 4.11. The maximum absolute atomic E-state index is 12.4. The number of phenolic OH excluding ortho intramolecular Hbond substituents is 1. The maximum atomic E-state index is 12.4. The molecule has 21 heavy (non-hydrogen) atoms. The number of likely N-dealkylation sites (tertiary alicyclic amines) is 1. The minimum Gasteiger partial charge on any atom is -0.508 e. The van der Waals surface area contributed by atoms with Crippen LogP contribution >= 0.6 is 0 Å². The van der Waals surface area contributed by atoms with Gasteiger partial charge in [-0.15, -0.1) is 0 Å². The number of nitrogens with two attached hydrogens (primary N) is 1. The number of hydrogen-bond acceptors (Lipinski definition) is 5. The van der Waals surface area contributed by atoms with Crippen LogP contribution in [0.3, 0.4) is 0 Å². The number of phenols is 1. The van der Waals surface area contributed by atoms with Crippen molar-refractivity contribution in [2.24, 2.45) is 0 Å². The Morgan fingerprint density at radius 2 is 2.00 bits per heavy atom. The molecule has 0 aliphatic carbocycles. The smallest absolute Gasteiger partial charge is 0.256 e. The number of anilines is 1. The lowest BCUT2D eigenvalue weighted by Crippen LogP contribution is -2.46. The standard InChI is InChI=1S/C13H19N3O4S/c1-21(19,20)15-9-4-6-16(7-5-9)13(18)11-8-10(17)2-3-12(11)14/h2-3,8-9,15,17H,4-7,14H2,1H3. The minimum atomic E-state index is -3.23. The summed E-state index contributed by atoms with van der Waals surface area (Å²) >= 11 is 0. The predicted octanol–water partition coefficient (Wildman–Crippen LogP) is 0.128. The number of piperidine rings is 1. The van der Waals surface area contributed by atoms with E-state index in [4.69, 9.17) is 5.73 Å². The van der Waals surface area contributed by atoms with Gasteiger partial charge in [0, 0.05) is 24.8 Å². The lowest BCUT2D eigenvalue weighted by atomic mass is 10.0. The highest BCUT2D eigenvalue weighted by Crippen LogP contribution is 2.22. The van der Waals surface area contributed by atoms with Crippen molar-refractivity contribution < 1.29 is 18.3 Å². The molecular formula is C13H19N3O4S. The monoisotopic (exact) mass is 313 g/mol. The third-order valence-electron chi connectivity index (χ3n) is 3.43. The fourth-order valence-corrected chi connectivity index (χ4v) is 3.24. The summed E-state index contributed by atoms with van der Waals surface area (Å²) in [6.07, 6.45) is 2.23. The molecule has 0 bridgehead atoms. The maximum Gasteiger partial charge on any atom is 0.256 e. The van der Waals surface area contributed by atoms with Crippen molar-refractivity contribution in [2.75, 3.05) is 25.1 Å². The quantitative estimate of drug-likeness (QED) is 0.542. The lowest BCUT2D eigenvalue weighted by molar-refractivity contribution is 0.0712. The Hall–Kier alpha value is -1.80. The van der Waals surface area contributed by atoms with Crippen molar-refractivity contribution in [1.29, 1.82) is 0 Å². The zero-order valence-corrected chi connectivity index (χ0v) is 12.6. The van der Waals surface area contributed by atoms with Gasteiger partial charge < -0.3 is 15.7 Å². The molecular weight excluding hydrogens is 294 g/mol. The van der Waals surface area contributed by atoms with Gasteiger partial charge in [0.25, 0.3) is 5.91 Å². The van der Waals surface area contributed by atoms with Gasteiger partial charge in [-0.05, 0) is 31.0 Å². The molecule has 0 radical (unpaired) electrons. The molecule has 8 heteroatoms. The number of nitrogens with one attached hydrogen (secondary N) is 1. The Kier molecular flexibility index (Phi) is 4.38. The summed E-state index contributed by atoms with van der Waals surface area (Å²) in [5.41, 5.74) is 6.34. The van der Waals surface area contributed by atoms with Gasteiger partial charge in [-0.2, -0.15) is 0 Å². The number of carbonyl (C=O) groups excluding carboxylic acids is 1. The number of rotatable bonds is 3. The topological polar surface area (TPSA) is 113 Å². The molecule has 0 saturated carbocycles. The Morgan fingerprint density at radius 3 is 2.57 bits per heavy atom. The van der Waals surface area contributed by atoms with Crippen molar-refractivity contribution in [3.05, 3.63) is 23.8 Å². The number of carbonyl (C=O) groups is 1. The van der Waals surface area contributed by atoms with Crippen molar-refractivity contribution in [1.82, 2.24) is 9.62 Å². The van der Waals surface area contributed by atoms with E-state index in [0.717, 1.165) is 6.26 Å². The van der Waals surface area contributed by atoms with Crippen LogP contribution in [0.15, 0.2) is 18.2 Å². The van der Waals surface area contributed by atoms with Crippen molar-refractivity contribution in [2.45, 2.75) is 18.9 Å². The Labute approximate surface area is 123 Å². The molecule has 2 rings (SSSR count). The second-order valence-corrected chi connectivity index (χ2v) is 7.01. The molecule has 0 aromatic heterocycles. The number of sulfonamides is 1. The van der Waals surface area contributed by atoms with Gasteiger partial charge in [0.1, 0.15) is 5.75 Å². The molecule has 1 aromatic rings. The summed E-state index contributed by atoms with van der Waals surface area (Å²) in [5, 5.41) is 9.45. The third kappa shape index (κ3) is 4.08. The summed E-state index contributed by atoms with van der Waals surface area (Å²) in [6.45, 7) is 0.891. The normalized spacial score (nSPS) is 16.9. The number of nitrogen functional groups attached to an aromatic ring is 1. The highest BCUT2D eigenvalue weighted by Gasteiger charge is 2.26. The van der Waals surface area contributed by atoms with Gasteiger partial charge in [-0.3, -0.25) is 4.79 Å². The molecule has 1 aliphatic heterocycles. The van der Waals surface area contributed by atoms with Crippen LogP contribution in [0.25, 0.3) is 0 Å². The Balaban J connectivity index is 2.02. The molecule has 1 saturated heterocycles. The second-order valence-electron chi connectivity index (χ2n) is 5.23. The highest BCUT2D eigenvalue weighted by molar-refractivity contribution is 7.88. The fraction of sp³-hybridized carbons (Fsp3) is 0.462. The van der Waals surface area contributed by atoms with Crippen LogP contribution in [-0.2, 0) is 10.0 Å². The molecule has 1 fully saturated rings. The van der Waals surface area contributed by atoms with E-state index >= 15 is 0 Å². The zero-order valence-electron chi connectivity index (χ0n) is 11.7. The molecule has 1 heterocycles.